The van der Waals surface area contributed by atoms with E-state index in [0.29, 0.717) is 11.1 Å². The average molecular weight is 270 g/mol. The summed E-state index contributed by atoms with van der Waals surface area (Å²) in [6.45, 7) is 3.35. The highest BCUT2D eigenvalue weighted by molar-refractivity contribution is 5.75. The number of hydrogen-bond donors (Lipinski definition) is 2. The van der Waals surface area contributed by atoms with Gasteiger partial charge < -0.3 is 10.2 Å². The quantitative estimate of drug-likeness (QED) is 0.897. The van der Waals surface area contributed by atoms with Crippen molar-refractivity contribution in [1.82, 2.24) is 0 Å². The maximum absolute atomic E-state index is 11.1. The molecule has 0 saturated heterocycles. The van der Waals surface area contributed by atoms with Crippen molar-refractivity contribution >= 4 is 5.97 Å². The summed E-state index contributed by atoms with van der Waals surface area (Å²) in [6.07, 6.45) is 0. The van der Waals surface area contributed by atoms with Gasteiger partial charge in [-0.05, 0) is 30.5 Å². The fourth-order valence-electron chi connectivity index (χ4n) is 2.18. The number of carboxylic acid groups (broad SMARTS) is 1. The van der Waals surface area contributed by atoms with Crippen LogP contribution in [0.3, 0.4) is 0 Å². The van der Waals surface area contributed by atoms with Gasteiger partial charge in [0, 0.05) is 0 Å². The molecule has 0 bridgehead atoms. The maximum atomic E-state index is 11.1. The van der Waals surface area contributed by atoms with E-state index in [1.54, 1.807) is 32.0 Å². The van der Waals surface area contributed by atoms with Crippen molar-refractivity contribution in [1.29, 1.82) is 0 Å². The van der Waals surface area contributed by atoms with Crippen LogP contribution in [0.15, 0.2) is 54.6 Å². The second-order valence-corrected chi connectivity index (χ2v) is 5.12. The minimum Gasteiger partial charge on any atom is -0.481 e. The maximum Gasteiger partial charge on any atom is 0.310 e. The Morgan fingerprint density at radius 1 is 1.05 bits per heavy atom. The number of rotatable bonds is 4. The Hall–Kier alpha value is -2.13. The van der Waals surface area contributed by atoms with Crippen molar-refractivity contribution in [2.45, 2.75) is 25.4 Å². The lowest BCUT2D eigenvalue weighted by Crippen LogP contribution is -2.23. The van der Waals surface area contributed by atoms with E-state index < -0.39 is 17.5 Å². The van der Waals surface area contributed by atoms with E-state index in [4.69, 9.17) is 5.11 Å². The van der Waals surface area contributed by atoms with Gasteiger partial charge in [-0.3, -0.25) is 4.79 Å². The lowest BCUT2D eigenvalue weighted by atomic mass is 9.86. The van der Waals surface area contributed by atoms with Gasteiger partial charge in [0.1, 0.15) is 5.60 Å². The van der Waals surface area contributed by atoms with E-state index in [9.17, 15) is 9.90 Å². The predicted molar refractivity (Wildman–Crippen MR) is 77.6 cm³/mol. The molecule has 2 unspecified atom stereocenters. The Morgan fingerprint density at radius 2 is 1.65 bits per heavy atom. The number of hydrogen-bond acceptors (Lipinski definition) is 2. The van der Waals surface area contributed by atoms with Gasteiger partial charge in [-0.2, -0.15) is 0 Å². The summed E-state index contributed by atoms with van der Waals surface area (Å²) in [7, 11) is 0. The Labute approximate surface area is 118 Å². The van der Waals surface area contributed by atoms with Crippen LogP contribution in [-0.2, 0) is 10.4 Å². The molecule has 2 aromatic carbocycles. The molecule has 2 atom stereocenters. The highest BCUT2D eigenvalue weighted by Crippen LogP contribution is 2.30. The number of aliphatic carboxylic acids is 1. The molecule has 0 amide bonds. The molecule has 2 rings (SSSR count). The summed E-state index contributed by atoms with van der Waals surface area (Å²) in [4.78, 5) is 11.1. The molecule has 2 aromatic rings. The van der Waals surface area contributed by atoms with Crippen molar-refractivity contribution in [2.75, 3.05) is 0 Å². The van der Waals surface area contributed by atoms with E-state index in [-0.39, 0.29) is 0 Å². The summed E-state index contributed by atoms with van der Waals surface area (Å²) in [5.41, 5.74) is 1.01. The topological polar surface area (TPSA) is 57.5 Å². The van der Waals surface area contributed by atoms with Crippen LogP contribution in [0.2, 0.25) is 0 Å². The van der Waals surface area contributed by atoms with Crippen molar-refractivity contribution in [3.8, 4) is 0 Å². The molecular formula is C17H18O3. The molecule has 0 aliphatic carbocycles. The van der Waals surface area contributed by atoms with E-state index in [2.05, 4.69) is 0 Å². The molecule has 2 N–H and O–H groups in total. The fraction of sp³-hybridized carbons (Fsp3) is 0.235. The minimum absolute atomic E-state index is 0.596. The fourth-order valence-corrected chi connectivity index (χ4v) is 2.18. The number of carbonyl (C=O) groups is 1. The average Bonchev–Trinajstić information content (AvgIpc) is 2.47. The Kier molecular flexibility index (Phi) is 3.91. The molecule has 104 valence electrons. The largest absolute Gasteiger partial charge is 0.481 e. The van der Waals surface area contributed by atoms with Crippen molar-refractivity contribution in [3.63, 3.8) is 0 Å². The predicted octanol–water partition coefficient (Wildman–Crippen LogP) is 3.13. The highest BCUT2D eigenvalue weighted by Gasteiger charge is 2.26. The SMILES string of the molecule is CC(C(=O)O)c1cccc(C(C)(O)c2ccccc2)c1. The zero-order valence-corrected chi connectivity index (χ0v) is 11.6. The van der Waals surface area contributed by atoms with Crippen LogP contribution in [0.5, 0.6) is 0 Å². The van der Waals surface area contributed by atoms with Gasteiger partial charge in [-0.15, -0.1) is 0 Å². The normalized spacial score (nSPS) is 15.3. The Balaban J connectivity index is 2.43. The van der Waals surface area contributed by atoms with Gasteiger partial charge >= 0.3 is 5.97 Å². The van der Waals surface area contributed by atoms with Crippen LogP contribution in [-0.4, -0.2) is 16.2 Å². The van der Waals surface area contributed by atoms with E-state index in [1.807, 2.05) is 36.4 Å². The standard InChI is InChI=1S/C17H18O3/c1-12(16(18)19)13-7-6-10-15(11-13)17(2,20)14-8-4-3-5-9-14/h3-12,20H,1-2H3,(H,18,19). The number of carboxylic acids is 1. The third-order valence-electron chi connectivity index (χ3n) is 3.66. The Morgan fingerprint density at radius 3 is 2.25 bits per heavy atom. The van der Waals surface area contributed by atoms with Gasteiger partial charge in [0.25, 0.3) is 0 Å². The minimum atomic E-state index is -1.14. The van der Waals surface area contributed by atoms with Gasteiger partial charge in [0.05, 0.1) is 5.92 Å². The van der Waals surface area contributed by atoms with Crippen molar-refractivity contribution in [2.24, 2.45) is 0 Å². The summed E-state index contributed by atoms with van der Waals surface area (Å²) in [6, 6.07) is 16.5. The summed E-state index contributed by atoms with van der Waals surface area (Å²) in [5, 5.41) is 19.8. The lowest BCUT2D eigenvalue weighted by molar-refractivity contribution is -0.138. The van der Waals surface area contributed by atoms with Gasteiger partial charge in [0.2, 0.25) is 0 Å². The van der Waals surface area contributed by atoms with Gasteiger partial charge in [-0.1, -0.05) is 54.6 Å². The molecule has 20 heavy (non-hydrogen) atoms. The lowest BCUT2D eigenvalue weighted by Gasteiger charge is -2.25. The van der Waals surface area contributed by atoms with Crippen LogP contribution >= 0.6 is 0 Å². The number of benzene rings is 2. The molecule has 0 aromatic heterocycles. The van der Waals surface area contributed by atoms with Crippen molar-refractivity contribution < 1.29 is 15.0 Å². The number of aliphatic hydroxyl groups is 1. The first-order chi connectivity index (χ1) is 9.43. The van der Waals surface area contributed by atoms with Gasteiger partial charge in [0.15, 0.2) is 0 Å². The first kappa shape index (κ1) is 14.3. The highest BCUT2D eigenvalue weighted by atomic mass is 16.4. The van der Waals surface area contributed by atoms with Crippen LogP contribution in [0, 0.1) is 0 Å². The first-order valence-electron chi connectivity index (χ1n) is 6.54. The molecule has 3 nitrogen and oxygen atoms in total. The Bertz CT molecular complexity index is 603. The van der Waals surface area contributed by atoms with Crippen LogP contribution < -0.4 is 0 Å². The second kappa shape index (κ2) is 5.47. The van der Waals surface area contributed by atoms with Crippen molar-refractivity contribution in [3.05, 3.63) is 71.3 Å². The van der Waals surface area contributed by atoms with E-state index >= 15 is 0 Å². The molecular weight excluding hydrogens is 252 g/mol. The molecule has 0 fully saturated rings. The molecule has 3 heteroatoms. The molecule has 0 spiro atoms. The zero-order chi connectivity index (χ0) is 14.8. The van der Waals surface area contributed by atoms with Crippen LogP contribution in [0.4, 0.5) is 0 Å². The van der Waals surface area contributed by atoms with E-state index in [0.717, 1.165) is 5.56 Å². The third kappa shape index (κ3) is 2.73. The first-order valence-corrected chi connectivity index (χ1v) is 6.54. The second-order valence-electron chi connectivity index (χ2n) is 5.12. The van der Waals surface area contributed by atoms with Crippen LogP contribution in [0.25, 0.3) is 0 Å². The van der Waals surface area contributed by atoms with Gasteiger partial charge in [-0.25, -0.2) is 0 Å². The van der Waals surface area contributed by atoms with Crippen LogP contribution in [0.1, 0.15) is 36.5 Å². The summed E-state index contributed by atoms with van der Waals surface area (Å²) >= 11 is 0. The molecule has 0 saturated carbocycles. The monoisotopic (exact) mass is 270 g/mol. The third-order valence-corrected chi connectivity index (χ3v) is 3.66. The zero-order valence-electron chi connectivity index (χ0n) is 11.6. The summed E-state index contributed by atoms with van der Waals surface area (Å²) in [5.74, 6) is -1.47. The van der Waals surface area contributed by atoms with E-state index in [1.165, 1.54) is 0 Å². The summed E-state index contributed by atoms with van der Waals surface area (Å²) < 4.78 is 0. The molecule has 0 aliphatic rings. The molecule has 0 heterocycles. The molecule has 0 radical (unpaired) electrons. The smallest absolute Gasteiger partial charge is 0.310 e. The molecule has 0 aliphatic heterocycles.